The molecule has 0 saturated heterocycles. The number of carbonyl (C=O) groups excluding carboxylic acids is 1. The van der Waals surface area contributed by atoms with E-state index in [4.69, 9.17) is 4.74 Å². The first kappa shape index (κ1) is 27.3. The molecule has 3 aromatic carbocycles. The first-order valence-corrected chi connectivity index (χ1v) is 13.6. The fraction of sp³-hybridized carbons (Fsp3) is 0.345. The van der Waals surface area contributed by atoms with Gasteiger partial charge in [-0.05, 0) is 73.7 Å². The second kappa shape index (κ2) is 11.2. The number of amides is 1. The molecular weight excluding hydrogens is 472 g/mol. The molecule has 0 fully saturated rings. The van der Waals surface area contributed by atoms with Gasteiger partial charge in [0.1, 0.15) is 12.3 Å². The Bertz CT molecular complexity index is 1260. The fourth-order valence-corrected chi connectivity index (χ4v) is 5.22. The van der Waals surface area contributed by atoms with Gasteiger partial charge in [-0.15, -0.1) is 0 Å². The summed E-state index contributed by atoms with van der Waals surface area (Å²) >= 11 is 0. The number of rotatable bonds is 9. The zero-order chi connectivity index (χ0) is 26.5. The van der Waals surface area contributed by atoms with Crippen LogP contribution in [-0.4, -0.2) is 27.5 Å². The summed E-state index contributed by atoms with van der Waals surface area (Å²) in [5.41, 5.74) is 3.61. The predicted octanol–water partition coefficient (Wildman–Crippen LogP) is 5.76. The molecule has 0 bridgehead atoms. The summed E-state index contributed by atoms with van der Waals surface area (Å²) in [6.07, 6.45) is 0. The summed E-state index contributed by atoms with van der Waals surface area (Å²) in [7, 11) is -4.00. The number of aryl methyl sites for hydroxylation is 1. The van der Waals surface area contributed by atoms with Crippen molar-refractivity contribution in [2.75, 3.05) is 17.5 Å². The Morgan fingerprint density at radius 2 is 1.53 bits per heavy atom. The first-order chi connectivity index (χ1) is 16.9. The van der Waals surface area contributed by atoms with Gasteiger partial charge in [-0.2, -0.15) is 0 Å². The van der Waals surface area contributed by atoms with Gasteiger partial charge in [-0.3, -0.25) is 9.10 Å². The number of nitrogens with one attached hydrogen (secondary N) is 1. The van der Waals surface area contributed by atoms with Gasteiger partial charge >= 0.3 is 0 Å². The van der Waals surface area contributed by atoms with Gasteiger partial charge < -0.3 is 10.1 Å². The molecule has 0 spiro atoms. The lowest BCUT2D eigenvalue weighted by Crippen LogP contribution is -2.41. The van der Waals surface area contributed by atoms with Crippen LogP contribution in [0.5, 0.6) is 5.75 Å². The van der Waals surface area contributed by atoms with E-state index in [0.29, 0.717) is 18.0 Å². The molecule has 0 aliphatic carbocycles. The van der Waals surface area contributed by atoms with Crippen LogP contribution in [0.25, 0.3) is 0 Å². The lowest BCUT2D eigenvalue weighted by atomic mass is 9.86. The van der Waals surface area contributed by atoms with Crippen LogP contribution in [0.3, 0.4) is 0 Å². The van der Waals surface area contributed by atoms with Crippen molar-refractivity contribution in [3.63, 3.8) is 0 Å². The van der Waals surface area contributed by atoms with Crippen molar-refractivity contribution in [1.29, 1.82) is 0 Å². The van der Waals surface area contributed by atoms with Crippen molar-refractivity contribution in [2.45, 2.75) is 57.9 Å². The van der Waals surface area contributed by atoms with E-state index in [-0.39, 0.29) is 22.9 Å². The molecule has 0 radical (unpaired) electrons. The number of hydrogen-bond donors (Lipinski definition) is 1. The molecule has 0 aliphatic heterocycles. The second-order valence-electron chi connectivity index (χ2n) is 9.91. The highest BCUT2D eigenvalue weighted by Gasteiger charge is 2.28. The summed E-state index contributed by atoms with van der Waals surface area (Å²) < 4.78 is 33.8. The second-order valence-corrected chi connectivity index (χ2v) is 11.8. The zero-order valence-corrected chi connectivity index (χ0v) is 22.7. The minimum atomic E-state index is -4.00. The molecule has 192 valence electrons. The Hall–Kier alpha value is -3.32. The Kier molecular flexibility index (Phi) is 8.46. The van der Waals surface area contributed by atoms with E-state index in [0.717, 1.165) is 15.4 Å². The average molecular weight is 509 g/mol. The van der Waals surface area contributed by atoms with Crippen LogP contribution in [0.2, 0.25) is 0 Å². The van der Waals surface area contributed by atoms with Crippen LogP contribution in [0, 0.1) is 6.92 Å². The summed E-state index contributed by atoms with van der Waals surface area (Å²) in [4.78, 5) is 13.2. The number of ether oxygens (including phenoxy) is 1. The van der Waals surface area contributed by atoms with Crippen LogP contribution in [0.4, 0.5) is 5.69 Å². The third kappa shape index (κ3) is 6.66. The van der Waals surface area contributed by atoms with E-state index < -0.39 is 15.9 Å². The van der Waals surface area contributed by atoms with Gasteiger partial charge in [0.25, 0.3) is 10.0 Å². The minimum absolute atomic E-state index is 0.0365. The smallest absolute Gasteiger partial charge is 0.264 e. The minimum Gasteiger partial charge on any atom is -0.494 e. The quantitative estimate of drug-likeness (QED) is 0.398. The molecule has 36 heavy (non-hydrogen) atoms. The summed E-state index contributed by atoms with van der Waals surface area (Å²) in [6, 6.07) is 21.2. The maximum Gasteiger partial charge on any atom is 0.264 e. The summed E-state index contributed by atoms with van der Waals surface area (Å²) in [6.45, 7) is 12.3. The molecule has 7 heteroatoms. The SMILES string of the molecule is CCOc1ccc(S(=O)(=O)N(CC(=O)NC(C)c2ccc(C(C)(C)C)cc2)c2ccc(C)cc2)cc1. The molecule has 3 aromatic rings. The third-order valence-corrected chi connectivity index (χ3v) is 7.77. The van der Waals surface area contributed by atoms with Gasteiger partial charge in [0.2, 0.25) is 5.91 Å². The lowest BCUT2D eigenvalue weighted by Gasteiger charge is -2.25. The van der Waals surface area contributed by atoms with Gasteiger partial charge in [0, 0.05) is 0 Å². The van der Waals surface area contributed by atoms with E-state index >= 15 is 0 Å². The van der Waals surface area contributed by atoms with Gasteiger partial charge in [-0.25, -0.2) is 8.42 Å². The molecule has 0 saturated carbocycles. The molecule has 6 nitrogen and oxygen atoms in total. The Balaban J connectivity index is 1.84. The molecule has 1 unspecified atom stereocenters. The van der Waals surface area contributed by atoms with Gasteiger partial charge in [-0.1, -0.05) is 62.7 Å². The van der Waals surface area contributed by atoms with Crippen molar-refractivity contribution in [3.8, 4) is 5.75 Å². The Morgan fingerprint density at radius 3 is 2.06 bits per heavy atom. The maximum atomic E-state index is 13.6. The highest BCUT2D eigenvalue weighted by atomic mass is 32.2. The average Bonchev–Trinajstić information content (AvgIpc) is 2.83. The molecule has 1 N–H and O–H groups in total. The highest BCUT2D eigenvalue weighted by molar-refractivity contribution is 7.92. The molecule has 0 aliphatic rings. The van der Waals surface area contributed by atoms with Gasteiger partial charge in [0.15, 0.2) is 0 Å². The molecule has 3 rings (SSSR count). The summed E-state index contributed by atoms with van der Waals surface area (Å²) in [5.74, 6) is 0.194. The van der Waals surface area contributed by atoms with Gasteiger partial charge in [0.05, 0.1) is 23.2 Å². The topological polar surface area (TPSA) is 75.7 Å². The number of nitrogens with zero attached hydrogens (tertiary/aromatic N) is 1. The number of sulfonamides is 1. The summed E-state index contributed by atoms with van der Waals surface area (Å²) in [5, 5.41) is 2.95. The van der Waals surface area contributed by atoms with Crippen LogP contribution in [0.15, 0.2) is 77.7 Å². The maximum absolute atomic E-state index is 13.6. The molecule has 0 heterocycles. The van der Waals surface area contributed by atoms with Crippen LogP contribution >= 0.6 is 0 Å². The van der Waals surface area contributed by atoms with Crippen LogP contribution in [-0.2, 0) is 20.2 Å². The van der Waals surface area contributed by atoms with Crippen molar-refractivity contribution < 1.29 is 17.9 Å². The predicted molar refractivity (Wildman–Crippen MR) is 145 cm³/mol. The normalized spacial score (nSPS) is 12.6. The first-order valence-electron chi connectivity index (χ1n) is 12.1. The molecule has 0 aromatic heterocycles. The number of hydrogen-bond acceptors (Lipinski definition) is 4. The fourth-order valence-electron chi connectivity index (χ4n) is 3.80. The van der Waals surface area contributed by atoms with Crippen LogP contribution in [0.1, 0.15) is 57.4 Å². The van der Waals surface area contributed by atoms with E-state index in [1.54, 1.807) is 24.3 Å². The van der Waals surface area contributed by atoms with E-state index in [2.05, 4.69) is 38.2 Å². The van der Waals surface area contributed by atoms with Crippen molar-refractivity contribution in [1.82, 2.24) is 5.32 Å². The standard InChI is InChI=1S/C29H36N2O4S/c1-7-35-26-16-18-27(19-17-26)36(33,34)31(25-14-8-21(2)9-15-25)20-28(32)30-22(3)23-10-12-24(13-11-23)29(4,5)6/h8-19,22H,7,20H2,1-6H3,(H,30,32). The molecule has 1 atom stereocenters. The molecular formula is C29H36N2O4S. The largest absolute Gasteiger partial charge is 0.494 e. The number of anilines is 1. The van der Waals surface area contributed by atoms with E-state index in [1.165, 1.54) is 17.7 Å². The highest BCUT2D eigenvalue weighted by Crippen LogP contribution is 2.27. The van der Waals surface area contributed by atoms with Crippen molar-refractivity contribution in [2.24, 2.45) is 0 Å². The van der Waals surface area contributed by atoms with E-state index in [9.17, 15) is 13.2 Å². The molecule has 1 amide bonds. The Labute approximate surface area is 215 Å². The Morgan fingerprint density at radius 1 is 0.944 bits per heavy atom. The number of benzene rings is 3. The van der Waals surface area contributed by atoms with E-state index in [1.807, 2.05) is 45.0 Å². The number of carbonyl (C=O) groups is 1. The monoisotopic (exact) mass is 508 g/mol. The van der Waals surface area contributed by atoms with Crippen molar-refractivity contribution >= 4 is 21.6 Å². The van der Waals surface area contributed by atoms with Crippen molar-refractivity contribution in [3.05, 3.63) is 89.5 Å². The lowest BCUT2D eigenvalue weighted by molar-refractivity contribution is -0.120. The van der Waals surface area contributed by atoms with Crippen LogP contribution < -0.4 is 14.4 Å². The zero-order valence-electron chi connectivity index (χ0n) is 21.9. The third-order valence-electron chi connectivity index (χ3n) is 5.99.